The number of fused-ring (bicyclic) bond motifs is 4. The van der Waals surface area contributed by atoms with Gasteiger partial charge in [-0.2, -0.15) is 0 Å². The zero-order valence-electron chi connectivity index (χ0n) is 9.86. The quantitative estimate of drug-likeness (QED) is 0.718. The summed E-state index contributed by atoms with van der Waals surface area (Å²) in [5, 5.41) is 6.26. The summed E-state index contributed by atoms with van der Waals surface area (Å²) in [6.07, 6.45) is 0.991. The summed E-state index contributed by atoms with van der Waals surface area (Å²) in [5.41, 5.74) is 2.07. The fourth-order valence-corrected chi connectivity index (χ4v) is 3.10. The maximum absolute atomic E-state index is 12.1. The van der Waals surface area contributed by atoms with Crippen LogP contribution in [0.4, 0.5) is 5.69 Å². The average molecular weight is 246 g/mol. The predicted molar refractivity (Wildman–Crippen MR) is 64.9 cm³/mol. The van der Waals surface area contributed by atoms with Gasteiger partial charge in [0, 0.05) is 24.2 Å². The lowest BCUT2D eigenvalue weighted by atomic mass is 9.77. The van der Waals surface area contributed by atoms with Crippen molar-refractivity contribution < 1.29 is 14.3 Å². The van der Waals surface area contributed by atoms with Crippen LogP contribution in [0.1, 0.15) is 17.9 Å². The van der Waals surface area contributed by atoms with Crippen molar-refractivity contribution in [3.63, 3.8) is 0 Å². The number of anilines is 1. The number of nitrogens with one attached hydrogen (secondary N) is 2. The molecule has 1 saturated heterocycles. The van der Waals surface area contributed by atoms with Crippen molar-refractivity contribution >= 4 is 11.6 Å². The number of hydrogen-bond acceptors (Lipinski definition) is 4. The number of rotatable bonds is 0. The van der Waals surface area contributed by atoms with Crippen molar-refractivity contribution in [3.8, 4) is 11.5 Å². The van der Waals surface area contributed by atoms with Crippen molar-refractivity contribution in [3.05, 3.63) is 17.7 Å². The predicted octanol–water partition coefficient (Wildman–Crippen LogP) is 1.06. The standard InChI is InChI=1S/C13H14N2O3/c16-13-9-5-14-2-1-7(9)8-3-11-12(18-6-17-11)4-10(8)15-13/h3-4,7,9,14H,1-2,5-6H2,(H,15,16). The smallest absolute Gasteiger partial charge is 0.231 e. The molecule has 0 aliphatic carbocycles. The van der Waals surface area contributed by atoms with Gasteiger partial charge in [0.15, 0.2) is 11.5 Å². The fraction of sp³-hybridized carbons (Fsp3) is 0.462. The zero-order chi connectivity index (χ0) is 12.1. The first-order chi connectivity index (χ1) is 8.83. The molecule has 5 nitrogen and oxygen atoms in total. The molecule has 3 aliphatic rings. The minimum Gasteiger partial charge on any atom is -0.454 e. The Morgan fingerprint density at radius 3 is 2.89 bits per heavy atom. The summed E-state index contributed by atoms with van der Waals surface area (Å²) in [6, 6.07) is 3.91. The summed E-state index contributed by atoms with van der Waals surface area (Å²) in [4.78, 5) is 12.1. The summed E-state index contributed by atoms with van der Waals surface area (Å²) in [6.45, 7) is 1.98. The molecule has 1 amide bonds. The highest BCUT2D eigenvalue weighted by molar-refractivity contribution is 5.97. The van der Waals surface area contributed by atoms with Crippen LogP contribution in [0.5, 0.6) is 11.5 Å². The Morgan fingerprint density at radius 2 is 2.00 bits per heavy atom. The van der Waals surface area contributed by atoms with Gasteiger partial charge in [0.1, 0.15) is 0 Å². The Labute approximate surface area is 104 Å². The van der Waals surface area contributed by atoms with Crippen LogP contribution < -0.4 is 20.1 Å². The summed E-state index contributed by atoms with van der Waals surface area (Å²) in [5.74, 6) is 1.96. The maximum Gasteiger partial charge on any atom is 0.231 e. The van der Waals surface area contributed by atoms with Gasteiger partial charge >= 0.3 is 0 Å². The molecule has 0 spiro atoms. The number of carbonyl (C=O) groups is 1. The Morgan fingerprint density at radius 1 is 1.17 bits per heavy atom. The summed E-state index contributed by atoms with van der Waals surface area (Å²) in [7, 11) is 0. The minimum atomic E-state index is 0.0339. The highest BCUT2D eigenvalue weighted by Gasteiger charge is 2.38. The Balaban J connectivity index is 1.83. The number of benzene rings is 1. The van der Waals surface area contributed by atoms with Crippen molar-refractivity contribution in [2.45, 2.75) is 12.3 Å². The second-order valence-electron chi connectivity index (χ2n) is 4.99. The lowest BCUT2D eigenvalue weighted by molar-refractivity contribution is -0.121. The number of carbonyl (C=O) groups excluding carboxylic acids is 1. The lowest BCUT2D eigenvalue weighted by Crippen LogP contribution is -2.44. The molecule has 3 heterocycles. The zero-order valence-corrected chi connectivity index (χ0v) is 9.86. The highest BCUT2D eigenvalue weighted by Crippen LogP contribution is 2.45. The van der Waals surface area contributed by atoms with Crippen LogP contribution in [0.25, 0.3) is 0 Å². The number of amides is 1. The van der Waals surface area contributed by atoms with Crippen LogP contribution in [0.15, 0.2) is 12.1 Å². The SMILES string of the molecule is O=C1Nc2cc3c(cc2C2CCNCC12)OCO3. The largest absolute Gasteiger partial charge is 0.454 e. The number of ether oxygens (including phenoxy) is 2. The molecule has 2 N–H and O–H groups in total. The van der Waals surface area contributed by atoms with E-state index in [9.17, 15) is 4.79 Å². The van der Waals surface area contributed by atoms with Crippen molar-refractivity contribution in [2.75, 3.05) is 25.2 Å². The third-order valence-electron chi connectivity index (χ3n) is 4.02. The average Bonchev–Trinajstić information content (AvgIpc) is 2.84. The van der Waals surface area contributed by atoms with E-state index >= 15 is 0 Å². The molecular weight excluding hydrogens is 232 g/mol. The molecular formula is C13H14N2O3. The van der Waals surface area contributed by atoms with Gasteiger partial charge in [-0.25, -0.2) is 0 Å². The molecule has 3 aliphatic heterocycles. The Hall–Kier alpha value is -1.75. The van der Waals surface area contributed by atoms with Crippen molar-refractivity contribution in [1.29, 1.82) is 0 Å². The van der Waals surface area contributed by atoms with Gasteiger partial charge in [-0.1, -0.05) is 0 Å². The van der Waals surface area contributed by atoms with Gasteiger partial charge in [0.05, 0.1) is 5.92 Å². The second-order valence-corrected chi connectivity index (χ2v) is 4.99. The van der Waals surface area contributed by atoms with Gasteiger partial charge in [0.2, 0.25) is 12.7 Å². The van der Waals surface area contributed by atoms with E-state index < -0.39 is 0 Å². The molecule has 1 fully saturated rings. The van der Waals surface area contributed by atoms with E-state index in [1.165, 1.54) is 5.56 Å². The van der Waals surface area contributed by atoms with Gasteiger partial charge in [-0.15, -0.1) is 0 Å². The van der Waals surface area contributed by atoms with E-state index in [1.54, 1.807) is 0 Å². The monoisotopic (exact) mass is 246 g/mol. The molecule has 94 valence electrons. The highest BCUT2D eigenvalue weighted by atomic mass is 16.7. The van der Waals surface area contributed by atoms with E-state index in [-0.39, 0.29) is 18.6 Å². The molecule has 0 radical (unpaired) electrons. The van der Waals surface area contributed by atoms with E-state index in [1.807, 2.05) is 12.1 Å². The van der Waals surface area contributed by atoms with E-state index in [2.05, 4.69) is 10.6 Å². The minimum absolute atomic E-state index is 0.0339. The Kier molecular flexibility index (Phi) is 2.05. The maximum atomic E-state index is 12.1. The molecule has 0 bridgehead atoms. The van der Waals surface area contributed by atoms with Crippen LogP contribution >= 0.6 is 0 Å². The third-order valence-corrected chi connectivity index (χ3v) is 4.02. The van der Waals surface area contributed by atoms with Crippen LogP contribution in [0, 0.1) is 5.92 Å². The van der Waals surface area contributed by atoms with Crippen LogP contribution in [0.2, 0.25) is 0 Å². The molecule has 2 atom stereocenters. The topological polar surface area (TPSA) is 59.6 Å². The van der Waals surface area contributed by atoms with Gasteiger partial charge < -0.3 is 20.1 Å². The first-order valence-corrected chi connectivity index (χ1v) is 6.28. The van der Waals surface area contributed by atoms with E-state index in [0.717, 1.165) is 36.7 Å². The van der Waals surface area contributed by atoms with E-state index in [0.29, 0.717) is 5.92 Å². The lowest BCUT2D eigenvalue weighted by Gasteiger charge is -2.36. The molecule has 4 rings (SSSR count). The summed E-state index contributed by atoms with van der Waals surface area (Å²) >= 11 is 0. The van der Waals surface area contributed by atoms with Gasteiger partial charge in [-0.05, 0) is 24.6 Å². The molecule has 1 aromatic rings. The van der Waals surface area contributed by atoms with E-state index in [4.69, 9.17) is 9.47 Å². The molecule has 18 heavy (non-hydrogen) atoms. The van der Waals surface area contributed by atoms with Crippen LogP contribution in [-0.2, 0) is 4.79 Å². The number of piperidine rings is 1. The van der Waals surface area contributed by atoms with Crippen LogP contribution in [0.3, 0.4) is 0 Å². The van der Waals surface area contributed by atoms with Gasteiger partial charge in [-0.3, -0.25) is 4.79 Å². The summed E-state index contributed by atoms with van der Waals surface area (Å²) < 4.78 is 10.8. The molecule has 2 unspecified atom stereocenters. The first-order valence-electron chi connectivity index (χ1n) is 6.28. The molecule has 0 aromatic heterocycles. The Bertz CT molecular complexity index is 529. The number of hydrogen-bond donors (Lipinski definition) is 2. The molecule has 1 aromatic carbocycles. The third kappa shape index (κ3) is 1.34. The van der Waals surface area contributed by atoms with Gasteiger partial charge in [0.25, 0.3) is 0 Å². The fourth-order valence-electron chi connectivity index (χ4n) is 3.10. The first kappa shape index (κ1) is 10.2. The molecule has 0 saturated carbocycles. The van der Waals surface area contributed by atoms with Crippen molar-refractivity contribution in [1.82, 2.24) is 5.32 Å². The normalized spacial score (nSPS) is 28.3. The van der Waals surface area contributed by atoms with Crippen molar-refractivity contribution in [2.24, 2.45) is 5.92 Å². The second kappa shape index (κ2) is 3.62. The molecule has 5 heteroatoms. The van der Waals surface area contributed by atoms with Crippen LogP contribution in [-0.4, -0.2) is 25.8 Å².